The average molecular weight is 383 g/mol. The molecule has 3 rings (SSSR count). The van der Waals surface area contributed by atoms with Crippen molar-refractivity contribution in [3.63, 3.8) is 0 Å². The lowest BCUT2D eigenvalue weighted by molar-refractivity contribution is -0.385. The summed E-state index contributed by atoms with van der Waals surface area (Å²) < 4.78 is 5.16. The van der Waals surface area contributed by atoms with Crippen LogP contribution in [-0.2, 0) is 4.79 Å². The highest BCUT2D eigenvalue weighted by Crippen LogP contribution is 2.27. The number of hydrogen-bond donors (Lipinski definition) is 0. The van der Waals surface area contributed by atoms with Crippen LogP contribution < -0.4 is 9.64 Å². The van der Waals surface area contributed by atoms with E-state index in [1.54, 1.807) is 49.3 Å². The molecule has 1 heterocycles. The first kappa shape index (κ1) is 19.3. The Morgan fingerprint density at radius 2 is 1.96 bits per heavy atom. The van der Waals surface area contributed by atoms with Crippen molar-refractivity contribution in [3.05, 3.63) is 63.7 Å². The van der Waals surface area contributed by atoms with E-state index in [4.69, 9.17) is 4.74 Å². The van der Waals surface area contributed by atoms with Crippen LogP contribution in [0.5, 0.6) is 5.75 Å². The highest BCUT2D eigenvalue weighted by atomic mass is 16.6. The van der Waals surface area contributed by atoms with Crippen molar-refractivity contribution in [1.82, 2.24) is 4.90 Å². The van der Waals surface area contributed by atoms with Gasteiger partial charge in [0.05, 0.1) is 12.0 Å². The molecule has 8 heteroatoms. The van der Waals surface area contributed by atoms with Gasteiger partial charge in [-0.2, -0.15) is 0 Å². The zero-order valence-electron chi connectivity index (χ0n) is 15.8. The number of rotatable bonds is 6. The van der Waals surface area contributed by atoms with Gasteiger partial charge in [-0.1, -0.05) is 6.07 Å². The molecular formula is C20H21N3O5. The fourth-order valence-electron chi connectivity index (χ4n) is 3.25. The standard InChI is InChI=1S/C20H21N3O5/c1-14-17(5-3-6-18(14)23(26)27)20(25)22(13-21-12-4-7-19(21)24)15-8-10-16(28-2)11-9-15/h3,5-6,8-11H,4,7,12-13H2,1-2H3. The molecule has 0 saturated carbocycles. The fraction of sp³-hybridized carbons (Fsp3) is 0.300. The van der Waals surface area contributed by atoms with Crippen LogP contribution in [0.2, 0.25) is 0 Å². The van der Waals surface area contributed by atoms with Crippen LogP contribution in [0.1, 0.15) is 28.8 Å². The van der Waals surface area contributed by atoms with Crippen LogP contribution in [0.25, 0.3) is 0 Å². The van der Waals surface area contributed by atoms with Crippen molar-refractivity contribution in [2.45, 2.75) is 19.8 Å². The fourth-order valence-corrected chi connectivity index (χ4v) is 3.25. The average Bonchev–Trinajstić information content (AvgIpc) is 3.10. The van der Waals surface area contributed by atoms with E-state index >= 15 is 0 Å². The largest absolute Gasteiger partial charge is 0.497 e. The van der Waals surface area contributed by atoms with Crippen molar-refractivity contribution < 1.29 is 19.2 Å². The van der Waals surface area contributed by atoms with E-state index in [0.717, 1.165) is 6.42 Å². The van der Waals surface area contributed by atoms with E-state index in [2.05, 4.69) is 0 Å². The van der Waals surface area contributed by atoms with E-state index in [0.29, 0.717) is 30.0 Å². The van der Waals surface area contributed by atoms with Gasteiger partial charge in [0.2, 0.25) is 5.91 Å². The van der Waals surface area contributed by atoms with Crippen molar-refractivity contribution in [1.29, 1.82) is 0 Å². The van der Waals surface area contributed by atoms with E-state index in [1.165, 1.54) is 17.0 Å². The first-order valence-corrected chi connectivity index (χ1v) is 8.90. The van der Waals surface area contributed by atoms with Gasteiger partial charge in [0.25, 0.3) is 11.6 Å². The Morgan fingerprint density at radius 1 is 1.25 bits per heavy atom. The summed E-state index contributed by atoms with van der Waals surface area (Å²) in [6, 6.07) is 11.3. The number of methoxy groups -OCH3 is 1. The maximum atomic E-state index is 13.3. The van der Waals surface area contributed by atoms with Crippen molar-refractivity contribution >= 4 is 23.2 Å². The predicted octanol–water partition coefficient (Wildman–Crippen LogP) is 3.14. The molecule has 0 spiro atoms. The summed E-state index contributed by atoms with van der Waals surface area (Å²) in [7, 11) is 1.55. The predicted molar refractivity (Wildman–Crippen MR) is 103 cm³/mol. The van der Waals surface area contributed by atoms with Crippen LogP contribution in [0.4, 0.5) is 11.4 Å². The molecule has 0 bridgehead atoms. The quantitative estimate of drug-likeness (QED) is 0.564. The second kappa shape index (κ2) is 8.08. The van der Waals surface area contributed by atoms with E-state index in [1.807, 2.05) is 0 Å². The van der Waals surface area contributed by atoms with Crippen LogP contribution in [0.3, 0.4) is 0 Å². The second-order valence-electron chi connectivity index (χ2n) is 6.54. The molecule has 1 aliphatic heterocycles. The highest BCUT2D eigenvalue weighted by Gasteiger charge is 2.28. The van der Waals surface area contributed by atoms with Crippen LogP contribution in [-0.4, -0.2) is 42.0 Å². The third kappa shape index (κ3) is 3.80. The molecule has 0 aromatic heterocycles. The number of anilines is 1. The first-order valence-electron chi connectivity index (χ1n) is 8.90. The van der Waals surface area contributed by atoms with Gasteiger partial charge < -0.3 is 9.64 Å². The molecule has 1 saturated heterocycles. The minimum Gasteiger partial charge on any atom is -0.497 e. The summed E-state index contributed by atoms with van der Waals surface area (Å²) in [5.74, 6) is 0.230. The molecule has 2 amide bonds. The molecule has 0 unspecified atom stereocenters. The molecule has 1 aliphatic rings. The third-order valence-corrected chi connectivity index (χ3v) is 4.85. The molecule has 8 nitrogen and oxygen atoms in total. The number of likely N-dealkylation sites (tertiary alicyclic amines) is 1. The smallest absolute Gasteiger partial charge is 0.273 e. The van der Waals surface area contributed by atoms with Gasteiger partial charge in [-0.05, 0) is 43.7 Å². The lowest BCUT2D eigenvalue weighted by Gasteiger charge is -2.28. The molecule has 2 aromatic carbocycles. The number of nitro benzene ring substituents is 1. The van der Waals surface area contributed by atoms with Gasteiger partial charge in [-0.25, -0.2) is 0 Å². The monoisotopic (exact) mass is 383 g/mol. The Labute approximate surface area is 162 Å². The van der Waals surface area contributed by atoms with Gasteiger partial charge in [0, 0.05) is 35.8 Å². The molecule has 1 fully saturated rings. The Bertz CT molecular complexity index is 911. The minimum absolute atomic E-state index is 0.0120. The zero-order valence-corrected chi connectivity index (χ0v) is 15.8. The van der Waals surface area contributed by atoms with Gasteiger partial charge >= 0.3 is 0 Å². The number of amides is 2. The van der Waals surface area contributed by atoms with Crippen LogP contribution in [0, 0.1) is 17.0 Å². The molecule has 0 radical (unpaired) electrons. The molecule has 0 aliphatic carbocycles. The molecule has 146 valence electrons. The SMILES string of the molecule is COc1ccc(N(CN2CCCC2=O)C(=O)c2cccc([N+](=O)[O-])c2C)cc1. The molecule has 0 N–H and O–H groups in total. The second-order valence-corrected chi connectivity index (χ2v) is 6.54. The number of ether oxygens (including phenoxy) is 1. The summed E-state index contributed by atoms with van der Waals surface area (Å²) in [5, 5.41) is 11.2. The molecule has 2 aromatic rings. The minimum atomic E-state index is -0.506. The summed E-state index contributed by atoms with van der Waals surface area (Å²) >= 11 is 0. The topological polar surface area (TPSA) is 93.0 Å². The lowest BCUT2D eigenvalue weighted by Crippen LogP contribution is -2.42. The summed E-state index contributed by atoms with van der Waals surface area (Å²) in [6.07, 6.45) is 1.21. The number of nitrogens with zero attached hydrogens (tertiary/aromatic N) is 3. The third-order valence-electron chi connectivity index (χ3n) is 4.85. The summed E-state index contributed by atoms with van der Waals surface area (Å²) in [6.45, 7) is 2.22. The first-order chi connectivity index (χ1) is 13.4. The normalized spacial score (nSPS) is 13.5. The maximum Gasteiger partial charge on any atom is 0.273 e. The zero-order chi connectivity index (χ0) is 20.3. The lowest BCUT2D eigenvalue weighted by atomic mass is 10.1. The van der Waals surface area contributed by atoms with Crippen molar-refractivity contribution in [3.8, 4) is 5.75 Å². The van der Waals surface area contributed by atoms with Crippen molar-refractivity contribution in [2.24, 2.45) is 0 Å². The Kier molecular flexibility index (Phi) is 5.58. The van der Waals surface area contributed by atoms with E-state index < -0.39 is 10.8 Å². The number of nitro groups is 1. The van der Waals surface area contributed by atoms with Crippen LogP contribution in [0.15, 0.2) is 42.5 Å². The van der Waals surface area contributed by atoms with Crippen LogP contribution >= 0.6 is 0 Å². The molecule has 0 atom stereocenters. The summed E-state index contributed by atoms with van der Waals surface area (Å²) in [4.78, 5) is 39.2. The summed E-state index contributed by atoms with van der Waals surface area (Å²) in [5.41, 5.74) is 0.995. The Balaban J connectivity index is 2.00. The van der Waals surface area contributed by atoms with Gasteiger partial charge in [-0.15, -0.1) is 0 Å². The number of hydrogen-bond acceptors (Lipinski definition) is 5. The van der Waals surface area contributed by atoms with E-state index in [-0.39, 0.29) is 23.8 Å². The van der Waals surface area contributed by atoms with E-state index in [9.17, 15) is 19.7 Å². The van der Waals surface area contributed by atoms with Gasteiger partial charge in [-0.3, -0.25) is 24.6 Å². The van der Waals surface area contributed by atoms with Gasteiger partial charge in [0.15, 0.2) is 0 Å². The highest BCUT2D eigenvalue weighted by molar-refractivity contribution is 6.07. The molecular weight excluding hydrogens is 362 g/mol. The Morgan fingerprint density at radius 3 is 2.54 bits per heavy atom. The number of carbonyl (C=O) groups is 2. The Hall–Kier alpha value is -3.42. The van der Waals surface area contributed by atoms with Gasteiger partial charge in [0.1, 0.15) is 12.4 Å². The number of carbonyl (C=O) groups excluding carboxylic acids is 2. The number of benzene rings is 2. The molecule has 28 heavy (non-hydrogen) atoms. The maximum absolute atomic E-state index is 13.3. The van der Waals surface area contributed by atoms with Crippen molar-refractivity contribution in [2.75, 3.05) is 25.2 Å².